The van der Waals surface area contributed by atoms with Gasteiger partial charge in [-0.2, -0.15) is 0 Å². The van der Waals surface area contributed by atoms with E-state index in [9.17, 15) is 9.59 Å². The maximum absolute atomic E-state index is 12.3. The van der Waals surface area contributed by atoms with Crippen LogP contribution in [-0.4, -0.2) is 22.0 Å². The van der Waals surface area contributed by atoms with Crippen molar-refractivity contribution in [2.45, 2.75) is 20.4 Å². The highest BCUT2D eigenvalue weighted by Crippen LogP contribution is 2.58. The van der Waals surface area contributed by atoms with Crippen LogP contribution in [0, 0.1) is 17.3 Å². The third-order valence-electron chi connectivity index (χ3n) is 4.73. The first kappa shape index (κ1) is 16.2. The Hall–Kier alpha value is -2.69. The average molecular weight is 324 g/mol. The number of carbonyl (C=O) groups is 2. The van der Waals surface area contributed by atoms with Crippen molar-refractivity contribution in [3.05, 3.63) is 54.2 Å². The first-order valence-corrected chi connectivity index (χ1v) is 7.92. The van der Waals surface area contributed by atoms with Crippen molar-refractivity contribution >= 4 is 11.9 Å². The van der Waals surface area contributed by atoms with Gasteiger partial charge >= 0.3 is 5.97 Å². The largest absolute Gasteiger partial charge is 0.481 e. The molecule has 0 spiro atoms. The highest BCUT2D eigenvalue weighted by Gasteiger charge is 2.65. The Labute approximate surface area is 140 Å². The summed E-state index contributed by atoms with van der Waals surface area (Å²) in [6.07, 6.45) is 1.74. The van der Waals surface area contributed by atoms with Crippen molar-refractivity contribution < 1.29 is 14.7 Å². The summed E-state index contributed by atoms with van der Waals surface area (Å²) >= 11 is 0. The summed E-state index contributed by atoms with van der Waals surface area (Å²) in [5.41, 5.74) is 2.33. The molecule has 3 rings (SSSR count). The Morgan fingerprint density at radius 1 is 1.17 bits per heavy atom. The molecule has 2 N–H and O–H groups in total. The van der Waals surface area contributed by atoms with Crippen LogP contribution in [0.3, 0.4) is 0 Å². The van der Waals surface area contributed by atoms with Crippen molar-refractivity contribution in [2.24, 2.45) is 17.3 Å². The monoisotopic (exact) mass is 324 g/mol. The molecule has 5 nitrogen and oxygen atoms in total. The van der Waals surface area contributed by atoms with E-state index < -0.39 is 23.2 Å². The van der Waals surface area contributed by atoms with Gasteiger partial charge < -0.3 is 10.4 Å². The molecule has 0 radical (unpaired) electrons. The molecule has 2 aromatic rings. The fourth-order valence-corrected chi connectivity index (χ4v) is 3.26. The van der Waals surface area contributed by atoms with E-state index in [1.165, 1.54) is 0 Å². The van der Waals surface area contributed by atoms with Crippen LogP contribution < -0.4 is 5.32 Å². The van der Waals surface area contributed by atoms with E-state index in [0.717, 1.165) is 16.8 Å². The fraction of sp³-hybridized carbons (Fsp3) is 0.316. The smallest absolute Gasteiger partial charge is 0.307 e. The van der Waals surface area contributed by atoms with E-state index in [1.807, 2.05) is 56.3 Å². The molecule has 0 aliphatic heterocycles. The number of nitrogens with zero attached hydrogens (tertiary/aromatic N) is 1. The zero-order valence-electron chi connectivity index (χ0n) is 13.7. The summed E-state index contributed by atoms with van der Waals surface area (Å²) in [6.45, 7) is 4.01. The number of amides is 1. The molecule has 0 saturated heterocycles. The fourth-order valence-electron chi connectivity index (χ4n) is 3.26. The molecule has 1 saturated carbocycles. The SMILES string of the molecule is CC1(C)[C@H](C(=O)O)[C@@H]1C(=O)NCc1cccc(-c2ccccn2)c1. The van der Waals surface area contributed by atoms with Crippen LogP contribution in [0.2, 0.25) is 0 Å². The van der Waals surface area contributed by atoms with Crippen LogP contribution in [0.25, 0.3) is 11.3 Å². The Morgan fingerprint density at radius 2 is 1.96 bits per heavy atom. The number of carboxylic acids is 1. The molecular weight excluding hydrogens is 304 g/mol. The molecule has 0 unspecified atom stereocenters. The van der Waals surface area contributed by atoms with Gasteiger partial charge in [0.2, 0.25) is 5.91 Å². The summed E-state index contributed by atoms with van der Waals surface area (Å²) < 4.78 is 0. The normalized spacial score (nSPS) is 21.1. The number of hydrogen-bond donors (Lipinski definition) is 2. The molecule has 1 fully saturated rings. The summed E-state index contributed by atoms with van der Waals surface area (Å²) in [4.78, 5) is 27.8. The highest BCUT2D eigenvalue weighted by atomic mass is 16.4. The minimum atomic E-state index is -0.905. The molecule has 1 amide bonds. The van der Waals surface area contributed by atoms with Gasteiger partial charge in [-0.05, 0) is 29.2 Å². The Morgan fingerprint density at radius 3 is 2.58 bits per heavy atom. The molecule has 1 heterocycles. The average Bonchev–Trinajstić information content (AvgIpc) is 3.16. The van der Waals surface area contributed by atoms with Crippen LogP contribution in [0.15, 0.2) is 48.7 Å². The number of aromatic nitrogens is 1. The number of rotatable bonds is 5. The number of pyridine rings is 1. The van der Waals surface area contributed by atoms with Gasteiger partial charge in [0, 0.05) is 18.3 Å². The second-order valence-corrected chi connectivity index (χ2v) is 6.75. The van der Waals surface area contributed by atoms with E-state index in [-0.39, 0.29) is 5.91 Å². The number of carboxylic acid groups (broad SMARTS) is 1. The number of nitrogens with one attached hydrogen (secondary N) is 1. The van der Waals surface area contributed by atoms with Gasteiger partial charge in [-0.15, -0.1) is 0 Å². The van der Waals surface area contributed by atoms with Crippen molar-refractivity contribution in [2.75, 3.05) is 0 Å². The number of benzene rings is 1. The topological polar surface area (TPSA) is 79.3 Å². The summed E-state index contributed by atoms with van der Waals surface area (Å²) in [6, 6.07) is 13.5. The van der Waals surface area contributed by atoms with Gasteiger partial charge in [-0.1, -0.05) is 38.1 Å². The summed E-state index contributed by atoms with van der Waals surface area (Å²) in [7, 11) is 0. The van der Waals surface area contributed by atoms with E-state index in [0.29, 0.717) is 6.54 Å². The van der Waals surface area contributed by atoms with Crippen LogP contribution in [-0.2, 0) is 16.1 Å². The molecule has 5 heteroatoms. The lowest BCUT2D eigenvalue weighted by atomic mass is 10.1. The first-order valence-electron chi connectivity index (χ1n) is 7.92. The Balaban J connectivity index is 1.66. The van der Waals surface area contributed by atoms with Crippen molar-refractivity contribution in [3.63, 3.8) is 0 Å². The Kier molecular flexibility index (Phi) is 4.09. The minimum Gasteiger partial charge on any atom is -0.481 e. The molecule has 1 aliphatic rings. The molecule has 1 aromatic carbocycles. The first-order chi connectivity index (χ1) is 11.4. The van der Waals surface area contributed by atoms with Crippen molar-refractivity contribution in [1.29, 1.82) is 0 Å². The molecular formula is C19H20N2O3. The molecule has 0 bridgehead atoms. The van der Waals surface area contributed by atoms with Crippen LogP contribution in [0.4, 0.5) is 0 Å². The molecule has 24 heavy (non-hydrogen) atoms. The zero-order valence-corrected chi connectivity index (χ0v) is 13.7. The number of hydrogen-bond acceptors (Lipinski definition) is 3. The van der Waals surface area contributed by atoms with Gasteiger partial charge in [0.1, 0.15) is 0 Å². The van der Waals surface area contributed by atoms with E-state index in [4.69, 9.17) is 5.11 Å². The molecule has 1 aliphatic carbocycles. The third-order valence-corrected chi connectivity index (χ3v) is 4.73. The lowest BCUT2D eigenvalue weighted by Gasteiger charge is -2.08. The van der Waals surface area contributed by atoms with Gasteiger partial charge in [0.05, 0.1) is 17.5 Å². The van der Waals surface area contributed by atoms with E-state index >= 15 is 0 Å². The summed E-state index contributed by atoms with van der Waals surface area (Å²) in [5.74, 6) is -2.17. The molecule has 2 atom stereocenters. The van der Waals surface area contributed by atoms with Gasteiger partial charge in [-0.3, -0.25) is 14.6 Å². The van der Waals surface area contributed by atoms with Crippen LogP contribution in [0.5, 0.6) is 0 Å². The predicted octanol–water partition coefficient (Wildman–Crippen LogP) is 2.72. The minimum absolute atomic E-state index is 0.198. The number of carbonyl (C=O) groups excluding carboxylic acids is 1. The third kappa shape index (κ3) is 3.02. The van der Waals surface area contributed by atoms with Crippen LogP contribution in [0.1, 0.15) is 19.4 Å². The molecule has 124 valence electrons. The standard InChI is InChI=1S/C19H20N2O3/c1-19(2)15(16(19)18(23)24)17(22)21-11-12-6-5-7-13(10-12)14-8-3-4-9-20-14/h3-10,15-16H,11H2,1-2H3,(H,21,22)(H,23,24)/t15-,16+/m1/s1. The lowest BCUT2D eigenvalue weighted by Crippen LogP contribution is -2.26. The Bertz CT molecular complexity index is 771. The summed E-state index contributed by atoms with van der Waals surface area (Å²) in [5, 5.41) is 12.0. The maximum Gasteiger partial charge on any atom is 0.307 e. The molecule has 1 aromatic heterocycles. The second kappa shape index (κ2) is 6.07. The van der Waals surface area contributed by atoms with Crippen molar-refractivity contribution in [3.8, 4) is 11.3 Å². The predicted molar refractivity (Wildman–Crippen MR) is 89.9 cm³/mol. The van der Waals surface area contributed by atoms with Gasteiger partial charge in [0.25, 0.3) is 0 Å². The quantitative estimate of drug-likeness (QED) is 0.886. The lowest BCUT2D eigenvalue weighted by molar-refractivity contribution is -0.140. The van der Waals surface area contributed by atoms with Gasteiger partial charge in [-0.25, -0.2) is 0 Å². The highest BCUT2D eigenvalue weighted by molar-refractivity contribution is 5.91. The van der Waals surface area contributed by atoms with Gasteiger partial charge in [0.15, 0.2) is 0 Å². The van der Waals surface area contributed by atoms with E-state index in [1.54, 1.807) is 6.20 Å². The second-order valence-electron chi connectivity index (χ2n) is 6.75. The zero-order chi connectivity index (χ0) is 17.3. The van der Waals surface area contributed by atoms with E-state index in [2.05, 4.69) is 10.3 Å². The number of aliphatic carboxylic acids is 1. The van der Waals surface area contributed by atoms with Crippen molar-refractivity contribution in [1.82, 2.24) is 10.3 Å². The maximum atomic E-state index is 12.3. The van der Waals surface area contributed by atoms with Crippen LogP contribution >= 0.6 is 0 Å².